The number of sulfone groups is 1. The van der Waals surface area contributed by atoms with Gasteiger partial charge < -0.3 is 5.32 Å². The summed E-state index contributed by atoms with van der Waals surface area (Å²) < 4.78 is 36.2. The highest BCUT2D eigenvalue weighted by Gasteiger charge is 2.31. The van der Waals surface area contributed by atoms with E-state index in [1.807, 2.05) is 0 Å². The van der Waals surface area contributed by atoms with Crippen LogP contribution >= 0.6 is 0 Å². The van der Waals surface area contributed by atoms with Gasteiger partial charge in [-0.15, -0.1) is 0 Å². The van der Waals surface area contributed by atoms with Gasteiger partial charge in [0.2, 0.25) is 0 Å². The molecule has 16 heavy (non-hydrogen) atoms. The lowest BCUT2D eigenvalue weighted by Gasteiger charge is -2.28. The van der Waals surface area contributed by atoms with E-state index in [2.05, 4.69) is 5.32 Å². The van der Waals surface area contributed by atoms with Crippen molar-refractivity contribution < 1.29 is 12.8 Å². The van der Waals surface area contributed by atoms with E-state index in [0.29, 0.717) is 6.54 Å². The van der Waals surface area contributed by atoms with Crippen molar-refractivity contribution in [2.75, 3.05) is 12.3 Å². The zero-order chi connectivity index (χ0) is 11.8. The molecule has 0 bridgehead atoms. The van der Waals surface area contributed by atoms with Crippen LogP contribution in [0.2, 0.25) is 0 Å². The van der Waals surface area contributed by atoms with Crippen LogP contribution in [0.5, 0.6) is 0 Å². The van der Waals surface area contributed by atoms with E-state index in [-0.39, 0.29) is 22.9 Å². The van der Waals surface area contributed by atoms with Crippen LogP contribution in [-0.2, 0) is 9.84 Å². The smallest absolute Gasteiger partial charge is 0.156 e. The first-order valence-electron chi connectivity index (χ1n) is 5.19. The molecule has 88 valence electrons. The first-order valence-corrected chi connectivity index (χ1v) is 6.91. The fraction of sp³-hybridized carbons (Fsp3) is 0.455. The Morgan fingerprint density at radius 1 is 1.31 bits per heavy atom. The molecule has 1 aliphatic rings. The SMILES string of the molecule is CC1CNC(c2ccc(F)cc2)CS1(=O)=O. The Bertz CT molecular complexity index is 469. The van der Waals surface area contributed by atoms with Gasteiger partial charge in [0.1, 0.15) is 5.82 Å². The second-order valence-corrected chi connectivity index (χ2v) is 6.62. The maximum absolute atomic E-state index is 12.7. The van der Waals surface area contributed by atoms with Crippen molar-refractivity contribution in [1.82, 2.24) is 5.32 Å². The standard InChI is InChI=1S/C11H14FNO2S/c1-8-6-13-11(7-16(8,14)15)9-2-4-10(12)5-3-9/h2-5,8,11,13H,6-7H2,1H3. The molecule has 3 nitrogen and oxygen atoms in total. The van der Waals surface area contributed by atoms with E-state index >= 15 is 0 Å². The molecule has 2 rings (SSSR count). The first kappa shape index (κ1) is 11.5. The van der Waals surface area contributed by atoms with Gasteiger partial charge in [-0.1, -0.05) is 12.1 Å². The zero-order valence-corrected chi connectivity index (χ0v) is 9.80. The highest BCUT2D eigenvalue weighted by molar-refractivity contribution is 7.92. The third-order valence-corrected chi connectivity index (χ3v) is 5.13. The maximum Gasteiger partial charge on any atom is 0.156 e. The van der Waals surface area contributed by atoms with Crippen molar-refractivity contribution in [2.24, 2.45) is 0 Å². The summed E-state index contributed by atoms with van der Waals surface area (Å²) in [6.45, 7) is 2.15. The number of halogens is 1. The normalized spacial score (nSPS) is 28.9. The van der Waals surface area contributed by atoms with Crippen LogP contribution in [0.3, 0.4) is 0 Å². The predicted molar refractivity (Wildman–Crippen MR) is 60.4 cm³/mol. The minimum Gasteiger partial charge on any atom is -0.308 e. The molecule has 1 fully saturated rings. The summed E-state index contributed by atoms with van der Waals surface area (Å²) in [6.07, 6.45) is 0. The summed E-state index contributed by atoms with van der Waals surface area (Å²) in [7, 11) is -3.03. The molecule has 0 spiro atoms. The molecule has 1 aromatic carbocycles. The van der Waals surface area contributed by atoms with Crippen molar-refractivity contribution in [2.45, 2.75) is 18.2 Å². The van der Waals surface area contributed by atoms with E-state index in [9.17, 15) is 12.8 Å². The second-order valence-electron chi connectivity index (χ2n) is 4.15. The van der Waals surface area contributed by atoms with Crippen LogP contribution in [0.15, 0.2) is 24.3 Å². The summed E-state index contributed by atoms with van der Waals surface area (Å²) in [5.74, 6) is -0.226. The molecule has 5 heteroatoms. The highest BCUT2D eigenvalue weighted by Crippen LogP contribution is 2.21. The molecule has 1 saturated heterocycles. The van der Waals surface area contributed by atoms with Crippen LogP contribution < -0.4 is 5.32 Å². The van der Waals surface area contributed by atoms with Crippen molar-refractivity contribution in [3.63, 3.8) is 0 Å². The topological polar surface area (TPSA) is 46.2 Å². The summed E-state index contributed by atoms with van der Waals surface area (Å²) >= 11 is 0. The average Bonchev–Trinajstić information content (AvgIpc) is 2.23. The van der Waals surface area contributed by atoms with E-state index in [4.69, 9.17) is 0 Å². The molecule has 0 saturated carbocycles. The fourth-order valence-corrected chi connectivity index (χ4v) is 3.25. The molecule has 2 unspecified atom stereocenters. The van der Waals surface area contributed by atoms with Crippen molar-refractivity contribution >= 4 is 9.84 Å². The van der Waals surface area contributed by atoms with Crippen LogP contribution in [-0.4, -0.2) is 26.0 Å². The van der Waals surface area contributed by atoms with Crippen LogP contribution in [0.25, 0.3) is 0 Å². The van der Waals surface area contributed by atoms with E-state index in [1.54, 1.807) is 19.1 Å². The lowest BCUT2D eigenvalue weighted by Crippen LogP contribution is -2.44. The number of benzene rings is 1. The van der Waals surface area contributed by atoms with Crippen LogP contribution in [0.1, 0.15) is 18.5 Å². The monoisotopic (exact) mass is 243 g/mol. The maximum atomic E-state index is 12.7. The summed E-state index contributed by atoms with van der Waals surface area (Å²) in [6, 6.07) is 5.72. The number of nitrogens with one attached hydrogen (secondary N) is 1. The Balaban J connectivity index is 2.21. The average molecular weight is 243 g/mol. The summed E-state index contributed by atoms with van der Waals surface area (Å²) in [5, 5.41) is 2.82. The third-order valence-electron chi connectivity index (χ3n) is 2.94. The minimum atomic E-state index is -3.03. The zero-order valence-electron chi connectivity index (χ0n) is 8.98. The van der Waals surface area contributed by atoms with Gasteiger partial charge in [0.05, 0.1) is 11.0 Å². The van der Waals surface area contributed by atoms with Crippen molar-refractivity contribution in [3.8, 4) is 0 Å². The molecule has 0 amide bonds. The number of rotatable bonds is 1. The van der Waals surface area contributed by atoms with Gasteiger partial charge in [-0.05, 0) is 24.6 Å². The molecule has 2 atom stereocenters. The first-order chi connectivity index (χ1) is 7.49. The number of hydrogen-bond donors (Lipinski definition) is 1. The van der Waals surface area contributed by atoms with Crippen molar-refractivity contribution in [1.29, 1.82) is 0 Å². The Morgan fingerprint density at radius 2 is 1.94 bits per heavy atom. The molecular weight excluding hydrogens is 229 g/mol. The molecule has 1 aromatic rings. The van der Waals surface area contributed by atoms with Gasteiger partial charge in [0.15, 0.2) is 9.84 Å². The van der Waals surface area contributed by atoms with Gasteiger partial charge in [0.25, 0.3) is 0 Å². The highest BCUT2D eigenvalue weighted by atomic mass is 32.2. The quantitative estimate of drug-likeness (QED) is 0.808. The van der Waals surface area contributed by atoms with Gasteiger partial charge in [0, 0.05) is 12.6 Å². The largest absolute Gasteiger partial charge is 0.308 e. The van der Waals surface area contributed by atoms with Crippen LogP contribution in [0, 0.1) is 5.82 Å². The van der Waals surface area contributed by atoms with Gasteiger partial charge in [-0.3, -0.25) is 0 Å². The second kappa shape index (κ2) is 4.14. The lowest BCUT2D eigenvalue weighted by atomic mass is 10.1. The van der Waals surface area contributed by atoms with Gasteiger partial charge in [-0.2, -0.15) is 0 Å². The van der Waals surface area contributed by atoms with Gasteiger partial charge in [-0.25, -0.2) is 12.8 Å². The predicted octanol–water partition coefficient (Wildman–Crippen LogP) is 1.27. The third kappa shape index (κ3) is 2.25. The van der Waals surface area contributed by atoms with Crippen LogP contribution in [0.4, 0.5) is 4.39 Å². The number of hydrogen-bond acceptors (Lipinski definition) is 3. The minimum absolute atomic E-state index is 0.0831. The van der Waals surface area contributed by atoms with E-state index < -0.39 is 9.84 Å². The Labute approximate surface area is 94.6 Å². The molecular formula is C11H14FNO2S. The van der Waals surface area contributed by atoms with Gasteiger partial charge >= 0.3 is 0 Å². The van der Waals surface area contributed by atoms with Crippen molar-refractivity contribution in [3.05, 3.63) is 35.6 Å². The van der Waals surface area contributed by atoms with E-state index in [1.165, 1.54) is 12.1 Å². The Kier molecular flexibility index (Phi) is 2.99. The fourth-order valence-electron chi connectivity index (χ4n) is 1.80. The molecule has 0 aliphatic carbocycles. The summed E-state index contributed by atoms with van der Waals surface area (Å²) in [5.41, 5.74) is 0.817. The molecule has 1 N–H and O–H groups in total. The summed E-state index contributed by atoms with van der Waals surface area (Å²) in [4.78, 5) is 0. The molecule has 0 aromatic heterocycles. The molecule has 1 heterocycles. The Morgan fingerprint density at radius 3 is 2.50 bits per heavy atom. The Hall–Kier alpha value is -0.940. The molecule has 1 aliphatic heterocycles. The molecule has 0 radical (unpaired) electrons. The van der Waals surface area contributed by atoms with E-state index in [0.717, 1.165) is 5.56 Å². The lowest BCUT2D eigenvalue weighted by molar-refractivity contribution is 0.502.